The molecule has 128 valence electrons. The average molecular weight is 330 g/mol. The molecular formula is C19H23FN2O2. The second-order valence-electron chi connectivity index (χ2n) is 5.74. The first kappa shape index (κ1) is 17.9. The normalized spacial score (nSPS) is 10.7. The zero-order valence-corrected chi connectivity index (χ0v) is 14.3. The van der Waals surface area contributed by atoms with Gasteiger partial charge < -0.3 is 10.1 Å². The third-order valence-corrected chi connectivity index (χ3v) is 3.73. The summed E-state index contributed by atoms with van der Waals surface area (Å²) in [5.41, 5.74) is 2.80. The highest BCUT2D eigenvalue weighted by Gasteiger charge is 2.09. The van der Waals surface area contributed by atoms with Crippen LogP contribution in [0.1, 0.15) is 18.1 Å². The fourth-order valence-corrected chi connectivity index (χ4v) is 2.45. The average Bonchev–Trinajstić information content (AvgIpc) is 2.55. The van der Waals surface area contributed by atoms with E-state index in [2.05, 4.69) is 12.2 Å². The lowest BCUT2D eigenvalue weighted by molar-refractivity contribution is -0.117. The molecule has 2 rings (SSSR count). The molecule has 0 aromatic heterocycles. The summed E-state index contributed by atoms with van der Waals surface area (Å²) in [4.78, 5) is 13.9. The van der Waals surface area contributed by atoms with Gasteiger partial charge in [-0.25, -0.2) is 4.39 Å². The molecule has 0 aliphatic heterocycles. The van der Waals surface area contributed by atoms with Crippen LogP contribution in [0.4, 0.5) is 10.1 Å². The quantitative estimate of drug-likeness (QED) is 0.845. The molecule has 1 N–H and O–H groups in total. The van der Waals surface area contributed by atoms with Crippen molar-refractivity contribution in [3.8, 4) is 5.75 Å². The van der Waals surface area contributed by atoms with Gasteiger partial charge in [0.1, 0.15) is 0 Å². The molecule has 0 unspecified atom stereocenters. The van der Waals surface area contributed by atoms with Gasteiger partial charge in [-0.15, -0.1) is 0 Å². The molecule has 0 spiro atoms. The van der Waals surface area contributed by atoms with E-state index < -0.39 is 5.82 Å². The summed E-state index contributed by atoms with van der Waals surface area (Å²) in [6.07, 6.45) is 0.968. The molecule has 0 aliphatic rings. The van der Waals surface area contributed by atoms with Crippen molar-refractivity contribution in [2.45, 2.75) is 19.9 Å². The van der Waals surface area contributed by atoms with E-state index in [0.29, 0.717) is 6.54 Å². The highest BCUT2D eigenvalue weighted by atomic mass is 19.1. The minimum atomic E-state index is -0.399. The maximum absolute atomic E-state index is 13.7. The lowest BCUT2D eigenvalue weighted by Crippen LogP contribution is -2.29. The first-order chi connectivity index (χ1) is 11.5. The van der Waals surface area contributed by atoms with Crippen molar-refractivity contribution in [3.05, 3.63) is 59.4 Å². The number of carbonyl (C=O) groups is 1. The van der Waals surface area contributed by atoms with Crippen LogP contribution in [0.25, 0.3) is 0 Å². The molecular weight excluding hydrogens is 307 g/mol. The summed E-state index contributed by atoms with van der Waals surface area (Å²) in [5.74, 6) is -0.283. The van der Waals surface area contributed by atoms with Gasteiger partial charge in [-0.1, -0.05) is 25.1 Å². The van der Waals surface area contributed by atoms with Gasteiger partial charge in [0.05, 0.1) is 13.7 Å². The Morgan fingerprint density at radius 1 is 1.17 bits per heavy atom. The number of rotatable bonds is 7. The minimum Gasteiger partial charge on any atom is -0.494 e. The van der Waals surface area contributed by atoms with Gasteiger partial charge in [0.15, 0.2) is 11.6 Å². The highest BCUT2D eigenvalue weighted by Crippen LogP contribution is 2.18. The van der Waals surface area contributed by atoms with Gasteiger partial charge in [0, 0.05) is 12.2 Å². The van der Waals surface area contributed by atoms with Gasteiger partial charge in [0.25, 0.3) is 0 Å². The maximum Gasteiger partial charge on any atom is 0.238 e. The van der Waals surface area contributed by atoms with Crippen molar-refractivity contribution in [1.29, 1.82) is 0 Å². The van der Waals surface area contributed by atoms with Crippen molar-refractivity contribution in [2.75, 3.05) is 26.0 Å². The number of halogens is 1. The number of benzene rings is 2. The molecule has 0 radical (unpaired) electrons. The number of methoxy groups -OCH3 is 1. The smallest absolute Gasteiger partial charge is 0.238 e. The number of hydrogen-bond donors (Lipinski definition) is 1. The Balaban J connectivity index is 1.87. The molecule has 0 fully saturated rings. The van der Waals surface area contributed by atoms with Crippen LogP contribution >= 0.6 is 0 Å². The Morgan fingerprint density at radius 3 is 2.42 bits per heavy atom. The molecule has 5 heteroatoms. The summed E-state index contributed by atoms with van der Waals surface area (Å²) in [5, 5.41) is 2.86. The fourth-order valence-electron chi connectivity index (χ4n) is 2.45. The molecule has 2 aromatic rings. The third kappa shape index (κ3) is 5.06. The van der Waals surface area contributed by atoms with E-state index in [1.807, 2.05) is 36.2 Å². The zero-order valence-electron chi connectivity index (χ0n) is 14.3. The molecule has 0 atom stereocenters. The van der Waals surface area contributed by atoms with Crippen LogP contribution in [0.15, 0.2) is 42.5 Å². The summed E-state index contributed by atoms with van der Waals surface area (Å²) in [7, 11) is 3.25. The van der Waals surface area contributed by atoms with E-state index in [1.165, 1.54) is 18.7 Å². The van der Waals surface area contributed by atoms with Gasteiger partial charge in [0.2, 0.25) is 5.91 Å². The van der Waals surface area contributed by atoms with Gasteiger partial charge in [-0.2, -0.15) is 0 Å². The first-order valence-electron chi connectivity index (χ1n) is 7.91. The number of amides is 1. The Hall–Kier alpha value is -2.40. The largest absolute Gasteiger partial charge is 0.494 e. The van der Waals surface area contributed by atoms with Crippen LogP contribution in [0, 0.1) is 5.82 Å². The number of nitrogens with one attached hydrogen (secondary N) is 1. The molecule has 0 saturated carbocycles. The van der Waals surface area contributed by atoms with Crippen molar-refractivity contribution in [1.82, 2.24) is 4.90 Å². The van der Waals surface area contributed by atoms with Crippen molar-refractivity contribution in [2.24, 2.45) is 0 Å². The number of anilines is 1. The molecule has 0 saturated heterocycles. The Morgan fingerprint density at radius 2 is 1.83 bits per heavy atom. The van der Waals surface area contributed by atoms with Crippen LogP contribution in [0.3, 0.4) is 0 Å². The second-order valence-corrected chi connectivity index (χ2v) is 5.74. The second kappa shape index (κ2) is 8.45. The Kier molecular flexibility index (Phi) is 6.32. The first-order valence-corrected chi connectivity index (χ1v) is 7.91. The van der Waals surface area contributed by atoms with E-state index in [-0.39, 0.29) is 18.2 Å². The van der Waals surface area contributed by atoms with Crippen molar-refractivity contribution >= 4 is 11.6 Å². The van der Waals surface area contributed by atoms with E-state index in [1.54, 1.807) is 12.1 Å². The summed E-state index contributed by atoms with van der Waals surface area (Å²) in [6, 6.07) is 12.6. The van der Waals surface area contributed by atoms with Crippen LogP contribution in [0.5, 0.6) is 5.75 Å². The van der Waals surface area contributed by atoms with E-state index >= 15 is 0 Å². The summed E-state index contributed by atoms with van der Waals surface area (Å²) >= 11 is 0. The van der Waals surface area contributed by atoms with Gasteiger partial charge in [-0.3, -0.25) is 9.69 Å². The van der Waals surface area contributed by atoms with E-state index in [4.69, 9.17) is 4.74 Å². The Labute approximate surface area is 142 Å². The predicted molar refractivity (Wildman–Crippen MR) is 93.7 cm³/mol. The number of carbonyl (C=O) groups excluding carboxylic acids is 1. The number of hydrogen-bond acceptors (Lipinski definition) is 3. The summed E-state index contributed by atoms with van der Waals surface area (Å²) < 4.78 is 18.6. The van der Waals surface area contributed by atoms with Crippen molar-refractivity contribution < 1.29 is 13.9 Å². The molecule has 2 aromatic carbocycles. The lowest BCUT2D eigenvalue weighted by atomic mass is 10.1. The molecule has 0 heterocycles. The zero-order chi connectivity index (χ0) is 17.5. The maximum atomic E-state index is 13.7. The van der Waals surface area contributed by atoms with Crippen LogP contribution in [-0.4, -0.2) is 31.5 Å². The minimum absolute atomic E-state index is 0.101. The summed E-state index contributed by atoms with van der Waals surface area (Å²) in [6.45, 7) is 2.79. The van der Waals surface area contributed by atoms with Gasteiger partial charge in [-0.05, 0) is 48.9 Å². The molecule has 1 amide bonds. The fraction of sp³-hybridized carbons (Fsp3) is 0.316. The number of nitrogens with zero attached hydrogens (tertiary/aromatic N) is 1. The van der Waals surface area contributed by atoms with E-state index in [9.17, 15) is 9.18 Å². The van der Waals surface area contributed by atoms with E-state index in [0.717, 1.165) is 17.7 Å². The number of aryl methyl sites for hydroxylation is 1. The van der Waals surface area contributed by atoms with Crippen LogP contribution in [-0.2, 0) is 17.8 Å². The predicted octanol–water partition coefficient (Wildman–Crippen LogP) is 3.47. The standard InChI is InChI=1S/C19H23FN2O2/c1-4-14-5-8-16(9-6-14)21-19(23)13-22(2)12-15-7-10-18(24-3)17(20)11-15/h5-11H,4,12-13H2,1-3H3,(H,21,23). The lowest BCUT2D eigenvalue weighted by Gasteiger charge is -2.17. The highest BCUT2D eigenvalue weighted by molar-refractivity contribution is 5.92. The van der Waals surface area contributed by atoms with Crippen molar-refractivity contribution in [3.63, 3.8) is 0 Å². The number of ether oxygens (including phenoxy) is 1. The number of likely N-dealkylation sites (N-methyl/N-ethyl adjacent to an activating group) is 1. The monoisotopic (exact) mass is 330 g/mol. The third-order valence-electron chi connectivity index (χ3n) is 3.73. The SMILES string of the molecule is CCc1ccc(NC(=O)CN(C)Cc2ccc(OC)c(F)c2)cc1. The Bertz CT molecular complexity index is 686. The van der Waals surface area contributed by atoms with Crippen LogP contribution in [0.2, 0.25) is 0 Å². The molecule has 0 aliphatic carbocycles. The molecule has 0 bridgehead atoms. The van der Waals surface area contributed by atoms with Gasteiger partial charge >= 0.3 is 0 Å². The topological polar surface area (TPSA) is 41.6 Å². The molecule has 24 heavy (non-hydrogen) atoms. The van der Waals surface area contributed by atoms with Crippen LogP contribution < -0.4 is 10.1 Å². The molecule has 4 nitrogen and oxygen atoms in total.